The van der Waals surface area contributed by atoms with Crippen LogP contribution in [0.1, 0.15) is 40.4 Å². The first-order valence-corrected chi connectivity index (χ1v) is 17.0. The van der Waals surface area contributed by atoms with Crippen molar-refractivity contribution in [3.05, 3.63) is 86.8 Å². The Kier molecular flexibility index (Phi) is 10.5. The van der Waals surface area contributed by atoms with Gasteiger partial charge in [-0.3, -0.25) is 0 Å². The predicted molar refractivity (Wildman–Crippen MR) is 163 cm³/mol. The van der Waals surface area contributed by atoms with Crippen molar-refractivity contribution in [2.75, 3.05) is 18.9 Å². The first-order valence-electron chi connectivity index (χ1n) is 13.8. The van der Waals surface area contributed by atoms with Crippen LogP contribution in [-0.4, -0.2) is 60.7 Å². The predicted octanol–water partition coefficient (Wildman–Crippen LogP) is 5.31. The molecular weight excluding hydrogens is 693 g/mol. The summed E-state index contributed by atoms with van der Waals surface area (Å²) >= 11 is 13.6. The van der Waals surface area contributed by atoms with Crippen LogP contribution in [0, 0.1) is 11.1 Å². The molecule has 1 saturated heterocycles. The van der Waals surface area contributed by atoms with Gasteiger partial charge in [-0.25, -0.2) is 18.0 Å². The summed E-state index contributed by atoms with van der Waals surface area (Å²) in [6.45, 7) is -2.94. The fourth-order valence-corrected chi connectivity index (χ4v) is 8.36. The minimum absolute atomic E-state index is 0.0221. The summed E-state index contributed by atoms with van der Waals surface area (Å²) in [6.07, 6.45) is 2.56. The molecule has 1 unspecified atom stereocenters. The molecule has 1 aliphatic heterocycles. The summed E-state index contributed by atoms with van der Waals surface area (Å²) in [6, 6.07) is 8.75. The second-order valence-electron chi connectivity index (χ2n) is 10.4. The molecule has 0 bridgehead atoms. The number of rotatable bonds is 13. The Bertz CT molecular complexity index is 1720. The number of carbonyl (C=O) groups is 2. The Morgan fingerprint density at radius 2 is 1.83 bits per heavy atom. The molecule has 5 rings (SSSR count). The maximum Gasteiger partial charge on any atom is 0.387 e. The van der Waals surface area contributed by atoms with Gasteiger partial charge < -0.3 is 24.5 Å². The topological polar surface area (TPSA) is 146 Å². The molecule has 0 radical (unpaired) electrons. The summed E-state index contributed by atoms with van der Waals surface area (Å²) in [5, 5.41) is 19.8. The molecule has 2 aromatic carbocycles. The van der Waals surface area contributed by atoms with Crippen molar-refractivity contribution >= 4 is 56.9 Å². The van der Waals surface area contributed by atoms with E-state index in [4.69, 9.17) is 32.7 Å². The van der Waals surface area contributed by atoms with E-state index in [1.54, 1.807) is 0 Å². The van der Waals surface area contributed by atoms with E-state index in [1.807, 2.05) is 0 Å². The highest BCUT2D eigenvalue weighted by molar-refractivity contribution is 8.02. The molecule has 46 heavy (non-hydrogen) atoms. The summed E-state index contributed by atoms with van der Waals surface area (Å²) in [7, 11) is -4.34. The second kappa shape index (κ2) is 14.2. The molecule has 11 nitrogen and oxygen atoms in total. The van der Waals surface area contributed by atoms with Crippen molar-refractivity contribution in [3.8, 4) is 11.5 Å². The summed E-state index contributed by atoms with van der Waals surface area (Å²) in [5.74, 6) is -2.04. The largest absolute Gasteiger partial charge is 0.619 e. The lowest BCUT2D eigenvalue weighted by Crippen LogP contribution is -2.40. The van der Waals surface area contributed by atoms with Crippen LogP contribution in [0.4, 0.5) is 8.78 Å². The molecule has 3 aromatic rings. The quantitative estimate of drug-likeness (QED) is 0.140. The van der Waals surface area contributed by atoms with Crippen LogP contribution in [0.5, 0.6) is 11.5 Å². The van der Waals surface area contributed by atoms with Crippen molar-refractivity contribution < 1.29 is 50.8 Å². The number of hydrogen-bond donors (Lipinski definition) is 1. The van der Waals surface area contributed by atoms with Crippen molar-refractivity contribution in [3.63, 3.8) is 0 Å². The Balaban J connectivity index is 1.48. The molecule has 0 amide bonds. The van der Waals surface area contributed by atoms with Crippen LogP contribution in [0.15, 0.2) is 59.8 Å². The number of aromatic nitrogens is 1. The van der Waals surface area contributed by atoms with E-state index < -0.39 is 40.1 Å². The van der Waals surface area contributed by atoms with Crippen LogP contribution in [0.3, 0.4) is 0 Å². The van der Waals surface area contributed by atoms with Crippen molar-refractivity contribution in [2.24, 2.45) is 5.92 Å². The van der Waals surface area contributed by atoms with Gasteiger partial charge in [0.1, 0.15) is 16.1 Å². The average Bonchev–Trinajstić information content (AvgIpc) is 3.69. The van der Waals surface area contributed by atoms with Crippen LogP contribution >= 0.6 is 35.0 Å². The van der Waals surface area contributed by atoms with Crippen LogP contribution in [0.2, 0.25) is 10.0 Å². The molecule has 2 fully saturated rings. The number of hydrogen-bond acceptors (Lipinski definition) is 9. The lowest BCUT2D eigenvalue weighted by molar-refractivity contribution is -0.605. The number of pyridine rings is 1. The summed E-state index contributed by atoms with van der Waals surface area (Å²) in [5.41, 5.74) is 0.246. The Morgan fingerprint density at radius 3 is 2.48 bits per heavy atom. The Morgan fingerprint density at radius 1 is 1.11 bits per heavy atom. The molecule has 1 aliphatic carbocycles. The lowest BCUT2D eigenvalue weighted by atomic mass is 10.0. The van der Waals surface area contributed by atoms with E-state index in [9.17, 15) is 37.1 Å². The van der Waals surface area contributed by atoms with E-state index in [0.29, 0.717) is 4.73 Å². The van der Waals surface area contributed by atoms with Gasteiger partial charge in [0.2, 0.25) is 10.0 Å². The molecule has 1 N–H and O–H groups in total. The number of carbonyl (C=O) groups excluding carboxylic acids is 1. The van der Waals surface area contributed by atoms with Crippen LogP contribution in [-0.2, 0) is 26.0 Å². The molecule has 1 saturated carbocycles. The number of carboxylic acid groups (broad SMARTS) is 1. The molecule has 17 heteroatoms. The molecule has 246 valence electrons. The molecular formula is C29H26Cl2F2N2O9S2. The molecule has 0 spiro atoms. The monoisotopic (exact) mass is 718 g/mol. The third-order valence-corrected chi connectivity index (χ3v) is 11.0. The van der Waals surface area contributed by atoms with Gasteiger partial charge in [0.05, 0.1) is 17.1 Å². The zero-order chi connectivity index (χ0) is 33.2. The third-order valence-electron chi connectivity index (χ3n) is 7.17. The van der Waals surface area contributed by atoms with Crippen molar-refractivity contribution in [2.45, 2.75) is 42.2 Å². The van der Waals surface area contributed by atoms with E-state index in [2.05, 4.69) is 4.74 Å². The smallest absolute Gasteiger partial charge is 0.387 e. The number of ether oxygens (including phenoxy) is 3. The second-order valence-corrected chi connectivity index (χ2v) is 14.3. The van der Waals surface area contributed by atoms with E-state index in [0.717, 1.165) is 47.4 Å². The van der Waals surface area contributed by atoms with Gasteiger partial charge in [0.15, 0.2) is 29.3 Å². The maximum absolute atomic E-state index is 13.7. The number of aromatic carboxylic acids is 1. The highest BCUT2D eigenvalue weighted by Gasteiger charge is 2.42. The van der Waals surface area contributed by atoms with Crippen molar-refractivity contribution in [1.82, 2.24) is 4.31 Å². The molecule has 1 aromatic heterocycles. The van der Waals surface area contributed by atoms with Crippen LogP contribution in [0.25, 0.3) is 0 Å². The molecule has 2 aliphatic rings. The van der Waals surface area contributed by atoms with E-state index >= 15 is 0 Å². The number of carboxylic acids is 1. The zero-order valence-corrected chi connectivity index (χ0v) is 26.8. The molecule has 2 atom stereocenters. The summed E-state index contributed by atoms with van der Waals surface area (Å²) < 4.78 is 71.0. The van der Waals surface area contributed by atoms with Crippen LogP contribution < -0.4 is 14.2 Å². The van der Waals surface area contributed by atoms with Gasteiger partial charge in [-0.1, -0.05) is 35.3 Å². The Labute approximate surface area is 276 Å². The number of halogens is 4. The summed E-state index contributed by atoms with van der Waals surface area (Å²) in [4.78, 5) is 24.8. The fraction of sp³-hybridized carbons (Fsp3) is 0.345. The van der Waals surface area contributed by atoms with Gasteiger partial charge in [-0.2, -0.15) is 17.8 Å². The maximum atomic E-state index is 13.7. The minimum Gasteiger partial charge on any atom is -0.619 e. The number of nitrogens with zero attached hydrogens (tertiary/aromatic N) is 2. The average molecular weight is 720 g/mol. The SMILES string of the molecule is O=C(O)c1cccc(S(=O)(=O)N2CCSC2C(=O)O[C@@H](Cc2c(Cl)c[n+]([O-])cc2Cl)c2ccc(OC(F)F)c(OCC3CC3)c2)c1. The number of thioether (sulfide) groups is 1. The van der Waals surface area contributed by atoms with E-state index in [1.165, 1.54) is 36.4 Å². The van der Waals surface area contributed by atoms with Gasteiger partial charge in [0.25, 0.3) is 0 Å². The normalized spacial score (nSPS) is 17.5. The van der Waals surface area contributed by atoms with E-state index in [-0.39, 0.29) is 74.4 Å². The lowest BCUT2D eigenvalue weighted by Gasteiger charge is -2.26. The Hall–Kier alpha value is -3.37. The zero-order valence-electron chi connectivity index (χ0n) is 23.7. The first-order chi connectivity index (χ1) is 21.8. The number of alkyl halides is 2. The van der Waals surface area contributed by atoms with Crippen molar-refractivity contribution in [1.29, 1.82) is 0 Å². The number of esters is 1. The standard InChI is InChI=1S/C29H26Cl2F2N2O9S2/c30-21-13-34(39)14-22(31)20(21)12-24(17-6-7-23(44-29(32)33)25(11-17)42-15-16-4-5-16)43-28(38)26-35(8-9-45-26)46(40,41)19-3-1-2-18(10-19)27(36)37/h1-3,6-7,10-11,13-14,16,24,26,29H,4-5,8-9,12,15H2,(H,36,37)/t24-,26?/m0/s1. The first kappa shape index (κ1) is 34.0. The van der Waals surface area contributed by atoms with Gasteiger partial charge >= 0.3 is 18.6 Å². The number of benzene rings is 2. The highest BCUT2D eigenvalue weighted by Crippen LogP contribution is 2.39. The number of sulfonamides is 1. The fourth-order valence-electron chi connectivity index (χ4n) is 4.67. The molecule has 2 heterocycles. The van der Waals surface area contributed by atoms with Gasteiger partial charge in [-0.05, 0) is 54.7 Å². The minimum atomic E-state index is -4.34. The highest BCUT2D eigenvalue weighted by atomic mass is 35.5. The van der Waals surface area contributed by atoms with Gasteiger partial charge in [0, 0.05) is 24.3 Å². The van der Waals surface area contributed by atoms with Gasteiger partial charge in [-0.15, -0.1) is 11.8 Å². The third kappa shape index (κ3) is 7.94.